The second-order valence-electron chi connectivity index (χ2n) is 8.50. The number of fused-ring (bicyclic) bond motifs is 3. The maximum Gasteiger partial charge on any atom is 0.263 e. The molecule has 0 amide bonds. The van der Waals surface area contributed by atoms with Crippen LogP contribution < -0.4 is 5.56 Å². The molecule has 0 N–H and O–H groups in total. The molecule has 0 radical (unpaired) electrons. The number of hydrogen-bond acceptors (Lipinski definition) is 5. The van der Waals surface area contributed by atoms with Gasteiger partial charge in [-0.25, -0.2) is 0 Å². The van der Waals surface area contributed by atoms with Crippen molar-refractivity contribution in [2.75, 3.05) is 5.75 Å². The Hall–Kier alpha value is -3.71. The highest BCUT2D eigenvalue weighted by Gasteiger charge is 2.18. The van der Waals surface area contributed by atoms with Crippen LogP contribution in [0, 0.1) is 0 Å². The molecule has 0 aliphatic carbocycles. The van der Waals surface area contributed by atoms with Crippen LogP contribution in [0.25, 0.3) is 16.7 Å². The van der Waals surface area contributed by atoms with Gasteiger partial charge in [0.05, 0.1) is 23.2 Å². The molecule has 0 unspecified atom stereocenters. The average Bonchev–Trinajstić information content (AvgIpc) is 3.30. The van der Waals surface area contributed by atoms with Crippen LogP contribution in [0.3, 0.4) is 0 Å². The highest BCUT2D eigenvalue weighted by atomic mass is 32.2. The summed E-state index contributed by atoms with van der Waals surface area (Å²) in [6.45, 7) is 4.65. The van der Waals surface area contributed by atoms with E-state index < -0.39 is 0 Å². The third kappa shape index (κ3) is 4.15. The van der Waals surface area contributed by atoms with Gasteiger partial charge < -0.3 is 0 Å². The van der Waals surface area contributed by atoms with Crippen molar-refractivity contribution in [1.82, 2.24) is 19.2 Å². The second kappa shape index (κ2) is 9.27. The molecule has 5 rings (SSSR count). The standard InChI is InChI=1S/C27H24N4O2S/c1-18(2)20-12-14-21(15-13-20)24(32)17-34-27-29-28-26-30(16-19-8-4-3-5-9-19)25(33)22-10-6-7-11-23(22)31(26)27/h3-15,18H,16-17H2,1-2H3. The van der Waals surface area contributed by atoms with E-state index in [1.807, 2.05) is 83.3 Å². The minimum atomic E-state index is -0.114. The molecule has 3 aromatic carbocycles. The Morgan fingerprint density at radius 2 is 1.62 bits per heavy atom. The van der Waals surface area contributed by atoms with Crippen molar-refractivity contribution in [1.29, 1.82) is 0 Å². The Morgan fingerprint density at radius 1 is 0.912 bits per heavy atom. The number of hydrogen-bond donors (Lipinski definition) is 0. The van der Waals surface area contributed by atoms with E-state index in [0.29, 0.717) is 34.3 Å². The highest BCUT2D eigenvalue weighted by molar-refractivity contribution is 7.99. The minimum absolute atomic E-state index is 0.0268. The number of para-hydroxylation sites is 1. The lowest BCUT2D eigenvalue weighted by atomic mass is 10.0. The Balaban J connectivity index is 1.51. The first-order valence-corrected chi connectivity index (χ1v) is 12.2. The van der Waals surface area contributed by atoms with Crippen LogP contribution in [-0.2, 0) is 6.54 Å². The molecule has 0 saturated carbocycles. The number of Topliss-reactive ketones (excluding diaryl/α,β-unsaturated/α-hetero) is 1. The van der Waals surface area contributed by atoms with E-state index in [0.717, 1.165) is 11.1 Å². The van der Waals surface area contributed by atoms with Crippen LogP contribution in [0.2, 0.25) is 0 Å². The highest BCUT2D eigenvalue weighted by Crippen LogP contribution is 2.23. The molecular weight excluding hydrogens is 444 g/mol. The molecule has 0 bridgehead atoms. The summed E-state index contributed by atoms with van der Waals surface area (Å²) in [4.78, 5) is 26.2. The Labute approximate surface area is 201 Å². The van der Waals surface area contributed by atoms with E-state index in [-0.39, 0.29) is 17.1 Å². The average molecular weight is 469 g/mol. The quantitative estimate of drug-likeness (QED) is 0.243. The first-order chi connectivity index (χ1) is 16.5. The fourth-order valence-corrected chi connectivity index (χ4v) is 4.84. The van der Waals surface area contributed by atoms with Crippen molar-refractivity contribution < 1.29 is 4.79 Å². The van der Waals surface area contributed by atoms with Crippen molar-refractivity contribution in [3.05, 3.63) is 106 Å². The molecule has 0 atom stereocenters. The fourth-order valence-electron chi connectivity index (χ4n) is 4.00. The van der Waals surface area contributed by atoms with Gasteiger partial charge in [0.2, 0.25) is 5.78 Å². The van der Waals surface area contributed by atoms with Gasteiger partial charge in [0.15, 0.2) is 10.9 Å². The summed E-state index contributed by atoms with van der Waals surface area (Å²) in [6, 6.07) is 25.0. The molecule has 6 nitrogen and oxygen atoms in total. The van der Waals surface area contributed by atoms with Crippen molar-refractivity contribution >= 4 is 34.2 Å². The van der Waals surface area contributed by atoms with Crippen molar-refractivity contribution in [3.63, 3.8) is 0 Å². The van der Waals surface area contributed by atoms with Gasteiger partial charge >= 0.3 is 0 Å². The summed E-state index contributed by atoms with van der Waals surface area (Å²) in [6.07, 6.45) is 0. The first-order valence-electron chi connectivity index (χ1n) is 11.2. The van der Waals surface area contributed by atoms with E-state index in [9.17, 15) is 9.59 Å². The minimum Gasteiger partial charge on any atom is -0.293 e. The molecule has 0 aliphatic rings. The van der Waals surface area contributed by atoms with Crippen LogP contribution >= 0.6 is 11.8 Å². The summed E-state index contributed by atoms with van der Waals surface area (Å²) in [5.41, 5.74) is 3.50. The largest absolute Gasteiger partial charge is 0.293 e. The Kier molecular flexibility index (Phi) is 6.02. The normalized spacial score (nSPS) is 11.5. The zero-order valence-corrected chi connectivity index (χ0v) is 19.8. The van der Waals surface area contributed by atoms with Crippen LogP contribution in [0.15, 0.2) is 88.8 Å². The van der Waals surface area contributed by atoms with E-state index in [1.54, 1.807) is 4.57 Å². The number of benzene rings is 3. The maximum absolute atomic E-state index is 13.3. The molecule has 0 spiro atoms. The summed E-state index contributed by atoms with van der Waals surface area (Å²) in [5.74, 6) is 1.14. The smallest absolute Gasteiger partial charge is 0.263 e. The number of nitrogens with zero attached hydrogens (tertiary/aromatic N) is 4. The molecule has 2 aromatic heterocycles. The first kappa shape index (κ1) is 22.1. The lowest BCUT2D eigenvalue weighted by Crippen LogP contribution is -2.24. The van der Waals surface area contributed by atoms with Gasteiger partial charge in [-0.1, -0.05) is 92.3 Å². The number of carbonyl (C=O) groups excluding carboxylic acids is 1. The molecule has 34 heavy (non-hydrogen) atoms. The summed E-state index contributed by atoms with van der Waals surface area (Å²) >= 11 is 1.33. The summed E-state index contributed by atoms with van der Waals surface area (Å²) < 4.78 is 3.51. The van der Waals surface area contributed by atoms with Crippen molar-refractivity contribution in [3.8, 4) is 0 Å². The van der Waals surface area contributed by atoms with Gasteiger partial charge in [0.25, 0.3) is 5.56 Å². The van der Waals surface area contributed by atoms with Gasteiger partial charge in [0, 0.05) is 5.56 Å². The van der Waals surface area contributed by atoms with Gasteiger partial charge in [-0.2, -0.15) is 0 Å². The molecule has 170 valence electrons. The Morgan fingerprint density at radius 3 is 2.35 bits per heavy atom. The Bertz CT molecular complexity index is 1540. The predicted octanol–water partition coefficient (Wildman–Crippen LogP) is 5.19. The molecule has 5 aromatic rings. The summed E-state index contributed by atoms with van der Waals surface area (Å²) in [5, 5.41) is 9.88. The van der Waals surface area contributed by atoms with Gasteiger partial charge in [-0.15, -0.1) is 10.2 Å². The zero-order chi connectivity index (χ0) is 23.7. The van der Waals surface area contributed by atoms with E-state index in [1.165, 1.54) is 17.3 Å². The van der Waals surface area contributed by atoms with E-state index in [2.05, 4.69) is 24.0 Å². The monoisotopic (exact) mass is 468 g/mol. The van der Waals surface area contributed by atoms with Crippen molar-refractivity contribution in [2.24, 2.45) is 0 Å². The molecule has 7 heteroatoms. The van der Waals surface area contributed by atoms with Crippen LogP contribution in [0.1, 0.15) is 41.3 Å². The topological polar surface area (TPSA) is 69.3 Å². The van der Waals surface area contributed by atoms with Crippen LogP contribution in [-0.4, -0.2) is 30.7 Å². The lowest BCUT2D eigenvalue weighted by Gasteiger charge is -2.11. The fraction of sp³-hybridized carbons (Fsp3) is 0.185. The zero-order valence-electron chi connectivity index (χ0n) is 19.0. The third-order valence-corrected chi connectivity index (χ3v) is 6.82. The van der Waals surface area contributed by atoms with Gasteiger partial charge in [0.1, 0.15) is 0 Å². The van der Waals surface area contributed by atoms with Gasteiger partial charge in [-0.05, 0) is 29.2 Å². The maximum atomic E-state index is 13.3. The summed E-state index contributed by atoms with van der Waals surface area (Å²) in [7, 11) is 0. The number of thioether (sulfide) groups is 1. The van der Waals surface area contributed by atoms with E-state index in [4.69, 9.17) is 0 Å². The molecule has 0 saturated heterocycles. The number of aromatic nitrogens is 4. The predicted molar refractivity (Wildman–Crippen MR) is 136 cm³/mol. The molecule has 0 aliphatic heterocycles. The third-order valence-electron chi connectivity index (χ3n) is 5.89. The second-order valence-corrected chi connectivity index (χ2v) is 9.44. The number of ketones is 1. The van der Waals surface area contributed by atoms with E-state index >= 15 is 0 Å². The van der Waals surface area contributed by atoms with Gasteiger partial charge in [-0.3, -0.25) is 18.6 Å². The van der Waals surface area contributed by atoms with Crippen LogP contribution in [0.4, 0.5) is 0 Å². The number of rotatable bonds is 7. The SMILES string of the molecule is CC(C)c1ccc(C(=O)CSc2nnc3n(Cc4ccccc4)c(=O)c4ccccc4n23)cc1. The molecular formula is C27H24N4O2S. The molecule has 0 fully saturated rings. The van der Waals surface area contributed by atoms with Crippen molar-refractivity contribution in [2.45, 2.75) is 31.5 Å². The van der Waals surface area contributed by atoms with Crippen LogP contribution in [0.5, 0.6) is 0 Å². The number of carbonyl (C=O) groups is 1. The molecule has 2 heterocycles. The lowest BCUT2D eigenvalue weighted by molar-refractivity contribution is 0.102.